The van der Waals surface area contributed by atoms with Crippen LogP contribution in [0.25, 0.3) is 0 Å². The van der Waals surface area contributed by atoms with Gasteiger partial charge in [0.1, 0.15) is 5.01 Å². The molecule has 3 rings (SSSR count). The third-order valence-corrected chi connectivity index (χ3v) is 6.44. The SMILES string of the molecule is O=C(CCSc1ccccc1)Nc1nnc(CSCc2ccccc2)s1. The van der Waals surface area contributed by atoms with Crippen LogP contribution in [-0.2, 0) is 16.3 Å². The quantitative estimate of drug-likeness (QED) is 0.506. The van der Waals surface area contributed by atoms with Crippen molar-refractivity contribution in [2.45, 2.75) is 22.8 Å². The third kappa shape index (κ3) is 6.48. The molecule has 0 aliphatic rings. The lowest BCUT2D eigenvalue weighted by molar-refractivity contribution is -0.115. The summed E-state index contributed by atoms with van der Waals surface area (Å²) in [5.74, 6) is 2.47. The fraction of sp³-hybridized carbons (Fsp3) is 0.211. The number of aromatic nitrogens is 2. The minimum atomic E-state index is -0.0203. The van der Waals surface area contributed by atoms with Crippen LogP contribution in [0.5, 0.6) is 0 Å². The summed E-state index contributed by atoms with van der Waals surface area (Å²) in [7, 11) is 0. The largest absolute Gasteiger partial charge is 0.301 e. The van der Waals surface area contributed by atoms with Crippen molar-refractivity contribution >= 4 is 45.9 Å². The highest BCUT2D eigenvalue weighted by Crippen LogP contribution is 2.23. The van der Waals surface area contributed by atoms with E-state index in [-0.39, 0.29) is 5.91 Å². The molecule has 0 spiro atoms. The van der Waals surface area contributed by atoms with Gasteiger partial charge < -0.3 is 5.32 Å². The summed E-state index contributed by atoms with van der Waals surface area (Å²) in [6, 6.07) is 20.4. The van der Waals surface area contributed by atoms with E-state index in [2.05, 4.69) is 27.6 Å². The van der Waals surface area contributed by atoms with Gasteiger partial charge in [0.2, 0.25) is 11.0 Å². The Labute approximate surface area is 165 Å². The zero-order chi connectivity index (χ0) is 18.0. The van der Waals surface area contributed by atoms with Gasteiger partial charge in [-0.2, -0.15) is 0 Å². The van der Waals surface area contributed by atoms with Gasteiger partial charge in [-0.3, -0.25) is 4.79 Å². The predicted molar refractivity (Wildman–Crippen MR) is 112 cm³/mol. The number of anilines is 1. The minimum Gasteiger partial charge on any atom is -0.301 e. The maximum atomic E-state index is 12.0. The van der Waals surface area contributed by atoms with Gasteiger partial charge in [-0.25, -0.2) is 0 Å². The molecule has 1 amide bonds. The Hall–Kier alpha value is -1.83. The minimum absolute atomic E-state index is 0.0203. The Morgan fingerprint density at radius 2 is 1.69 bits per heavy atom. The van der Waals surface area contributed by atoms with Gasteiger partial charge in [0.15, 0.2) is 0 Å². The van der Waals surface area contributed by atoms with E-state index in [1.54, 1.807) is 23.5 Å². The summed E-state index contributed by atoms with van der Waals surface area (Å²) in [6.45, 7) is 0. The molecule has 134 valence electrons. The molecule has 0 radical (unpaired) electrons. The summed E-state index contributed by atoms with van der Waals surface area (Å²) in [4.78, 5) is 13.2. The molecule has 0 atom stereocenters. The third-order valence-electron chi connectivity index (χ3n) is 3.39. The topological polar surface area (TPSA) is 54.9 Å². The molecule has 4 nitrogen and oxygen atoms in total. The molecule has 0 unspecified atom stereocenters. The molecule has 0 bridgehead atoms. The van der Waals surface area contributed by atoms with E-state index in [1.165, 1.54) is 21.8 Å². The fourth-order valence-electron chi connectivity index (χ4n) is 2.15. The van der Waals surface area contributed by atoms with Crippen LogP contribution in [-0.4, -0.2) is 21.9 Å². The van der Waals surface area contributed by atoms with E-state index in [4.69, 9.17) is 0 Å². The first-order chi connectivity index (χ1) is 12.8. The summed E-state index contributed by atoms with van der Waals surface area (Å²) >= 11 is 4.92. The molecule has 0 aliphatic carbocycles. The van der Waals surface area contributed by atoms with Crippen molar-refractivity contribution in [2.24, 2.45) is 0 Å². The van der Waals surface area contributed by atoms with Gasteiger partial charge in [-0.1, -0.05) is 59.9 Å². The smallest absolute Gasteiger partial charge is 0.227 e. The maximum absolute atomic E-state index is 12.0. The van der Waals surface area contributed by atoms with Gasteiger partial charge >= 0.3 is 0 Å². The van der Waals surface area contributed by atoms with Gasteiger partial charge in [-0.15, -0.1) is 33.7 Å². The Kier molecular flexibility index (Phi) is 7.54. The summed E-state index contributed by atoms with van der Waals surface area (Å²) in [5, 5.41) is 12.6. The van der Waals surface area contributed by atoms with Crippen molar-refractivity contribution < 1.29 is 4.79 Å². The second-order valence-electron chi connectivity index (χ2n) is 5.44. The molecule has 0 saturated carbocycles. The second-order valence-corrected chi connectivity index (χ2v) is 8.66. The monoisotopic (exact) mass is 401 g/mol. The average molecular weight is 402 g/mol. The molecule has 0 saturated heterocycles. The number of thioether (sulfide) groups is 2. The van der Waals surface area contributed by atoms with Crippen LogP contribution >= 0.6 is 34.9 Å². The zero-order valence-electron chi connectivity index (χ0n) is 14.1. The van der Waals surface area contributed by atoms with Gasteiger partial charge in [0.25, 0.3) is 0 Å². The Balaban J connectivity index is 1.36. The van der Waals surface area contributed by atoms with Crippen molar-refractivity contribution in [1.29, 1.82) is 0 Å². The van der Waals surface area contributed by atoms with Crippen molar-refractivity contribution in [2.75, 3.05) is 11.1 Å². The zero-order valence-corrected chi connectivity index (χ0v) is 16.6. The van der Waals surface area contributed by atoms with E-state index in [0.717, 1.165) is 22.3 Å². The van der Waals surface area contributed by atoms with Crippen LogP contribution in [0.2, 0.25) is 0 Å². The number of hydrogen-bond acceptors (Lipinski definition) is 6. The number of rotatable bonds is 9. The van der Waals surface area contributed by atoms with E-state index in [9.17, 15) is 4.79 Å². The normalized spacial score (nSPS) is 10.6. The summed E-state index contributed by atoms with van der Waals surface area (Å²) < 4.78 is 0. The molecule has 1 aromatic heterocycles. The Bertz CT molecular complexity index is 809. The molecular formula is C19H19N3OS3. The number of carbonyl (C=O) groups excluding carboxylic acids is 1. The number of nitrogens with zero attached hydrogens (tertiary/aromatic N) is 2. The molecule has 3 aromatic rings. The van der Waals surface area contributed by atoms with E-state index < -0.39 is 0 Å². The van der Waals surface area contributed by atoms with Gasteiger partial charge in [-0.05, 0) is 17.7 Å². The highest BCUT2D eigenvalue weighted by Gasteiger charge is 2.08. The van der Waals surface area contributed by atoms with Gasteiger partial charge in [0, 0.05) is 28.6 Å². The Morgan fingerprint density at radius 3 is 2.46 bits per heavy atom. The maximum Gasteiger partial charge on any atom is 0.227 e. The molecule has 1 N–H and O–H groups in total. The molecule has 2 aromatic carbocycles. The van der Waals surface area contributed by atoms with Crippen LogP contribution in [0.4, 0.5) is 5.13 Å². The fourth-order valence-corrected chi connectivity index (χ4v) is 4.83. The first-order valence-electron chi connectivity index (χ1n) is 8.21. The average Bonchev–Trinajstić information content (AvgIpc) is 3.10. The lowest BCUT2D eigenvalue weighted by atomic mass is 10.2. The highest BCUT2D eigenvalue weighted by atomic mass is 32.2. The van der Waals surface area contributed by atoms with E-state index >= 15 is 0 Å². The lowest BCUT2D eigenvalue weighted by Crippen LogP contribution is -2.11. The molecular weight excluding hydrogens is 382 g/mol. The number of amides is 1. The first kappa shape index (κ1) is 18.9. The van der Waals surface area contributed by atoms with Crippen molar-refractivity contribution in [3.8, 4) is 0 Å². The van der Waals surface area contributed by atoms with Crippen LogP contribution in [0.15, 0.2) is 65.6 Å². The molecule has 1 heterocycles. The van der Waals surface area contributed by atoms with Crippen molar-refractivity contribution in [1.82, 2.24) is 10.2 Å². The van der Waals surface area contributed by atoms with Crippen molar-refractivity contribution in [3.63, 3.8) is 0 Å². The van der Waals surface area contributed by atoms with Crippen molar-refractivity contribution in [3.05, 3.63) is 71.2 Å². The second kappa shape index (κ2) is 10.4. The van der Waals surface area contributed by atoms with Crippen LogP contribution in [0.1, 0.15) is 17.0 Å². The van der Waals surface area contributed by atoms with Crippen LogP contribution in [0.3, 0.4) is 0 Å². The number of nitrogens with one attached hydrogen (secondary N) is 1. The predicted octanol–water partition coefficient (Wildman–Crippen LogP) is 5.09. The first-order valence-corrected chi connectivity index (χ1v) is 11.2. The summed E-state index contributed by atoms with van der Waals surface area (Å²) in [5.41, 5.74) is 1.30. The van der Waals surface area contributed by atoms with Crippen LogP contribution < -0.4 is 5.32 Å². The van der Waals surface area contributed by atoms with Crippen LogP contribution in [0, 0.1) is 0 Å². The van der Waals surface area contributed by atoms with E-state index in [1.807, 2.05) is 48.5 Å². The number of hydrogen-bond donors (Lipinski definition) is 1. The molecule has 0 aliphatic heterocycles. The van der Waals surface area contributed by atoms with E-state index in [0.29, 0.717) is 11.6 Å². The highest BCUT2D eigenvalue weighted by molar-refractivity contribution is 7.99. The molecule has 7 heteroatoms. The Morgan fingerprint density at radius 1 is 0.962 bits per heavy atom. The molecule has 0 fully saturated rings. The number of carbonyl (C=O) groups is 1. The lowest BCUT2D eigenvalue weighted by Gasteiger charge is -2.01. The number of benzene rings is 2. The summed E-state index contributed by atoms with van der Waals surface area (Å²) in [6.07, 6.45) is 0.456. The molecule has 26 heavy (non-hydrogen) atoms. The van der Waals surface area contributed by atoms with Gasteiger partial charge in [0.05, 0.1) is 0 Å². The standard InChI is InChI=1S/C19H19N3OS3/c23-17(11-12-25-16-9-5-2-6-10-16)20-19-22-21-18(26-19)14-24-13-15-7-3-1-4-8-15/h1-10H,11-14H2,(H,20,22,23).